The van der Waals surface area contributed by atoms with Crippen LogP contribution in [0.3, 0.4) is 0 Å². The van der Waals surface area contributed by atoms with Crippen LogP contribution in [-0.2, 0) is 4.79 Å². The van der Waals surface area contributed by atoms with E-state index in [-0.39, 0.29) is 11.6 Å². The Balaban J connectivity index is 2.84. The summed E-state index contributed by atoms with van der Waals surface area (Å²) in [5, 5.41) is 9.17. The summed E-state index contributed by atoms with van der Waals surface area (Å²) in [6, 6.07) is 0. The lowest BCUT2D eigenvalue weighted by Gasteiger charge is -2.16. The van der Waals surface area contributed by atoms with Gasteiger partial charge in [-0.25, -0.2) is 9.19 Å². The summed E-state index contributed by atoms with van der Waals surface area (Å²) in [6.45, 7) is 0. The van der Waals surface area contributed by atoms with Crippen LogP contribution in [-0.4, -0.2) is 22.2 Å². The van der Waals surface area contributed by atoms with E-state index in [1.54, 1.807) is 0 Å². The molecular formula is C6H4ClF2NO2S. The molecule has 0 aromatic rings. The normalized spacial score (nSPS) is 17.8. The first-order valence-electron chi connectivity index (χ1n) is 3.13. The Labute approximate surface area is 81.6 Å². The van der Waals surface area contributed by atoms with E-state index in [2.05, 4.69) is 4.40 Å². The first-order chi connectivity index (χ1) is 5.94. The van der Waals surface area contributed by atoms with Crippen molar-refractivity contribution in [2.45, 2.75) is 12.3 Å². The van der Waals surface area contributed by atoms with Gasteiger partial charge in [-0.2, -0.15) is 8.78 Å². The van der Waals surface area contributed by atoms with Crippen LogP contribution in [0, 0.1) is 0 Å². The molecule has 1 heterocycles. The minimum Gasteiger partial charge on any atom is -0.477 e. The number of nitrogens with zero attached hydrogens (tertiary/aromatic N) is 1. The lowest BCUT2D eigenvalue weighted by atomic mass is 10.1. The zero-order valence-electron chi connectivity index (χ0n) is 6.13. The maximum absolute atomic E-state index is 12.8. The number of alkyl halides is 2. The van der Waals surface area contributed by atoms with Crippen molar-refractivity contribution < 1.29 is 18.7 Å². The standard InChI is InChI=1S/C6H4ClF2NO2S/c7-4-1-3(2-13-10-4)6(8,9)5(11)12/h2H,1H2,(H,11,12). The zero-order chi connectivity index (χ0) is 10.1. The van der Waals surface area contributed by atoms with E-state index >= 15 is 0 Å². The van der Waals surface area contributed by atoms with Crippen LogP contribution in [0.15, 0.2) is 15.4 Å². The molecule has 0 fully saturated rings. The summed E-state index contributed by atoms with van der Waals surface area (Å²) in [5.41, 5.74) is -0.537. The van der Waals surface area contributed by atoms with Crippen molar-refractivity contribution in [2.24, 2.45) is 4.40 Å². The molecule has 0 bridgehead atoms. The van der Waals surface area contributed by atoms with E-state index < -0.39 is 17.5 Å². The smallest absolute Gasteiger partial charge is 0.379 e. The summed E-state index contributed by atoms with van der Waals surface area (Å²) in [6.07, 6.45) is -0.312. The average molecular weight is 228 g/mol. The van der Waals surface area contributed by atoms with Crippen molar-refractivity contribution in [3.63, 3.8) is 0 Å². The van der Waals surface area contributed by atoms with Gasteiger partial charge < -0.3 is 5.11 Å². The van der Waals surface area contributed by atoms with Crippen molar-refractivity contribution in [1.82, 2.24) is 0 Å². The molecule has 0 radical (unpaired) electrons. The van der Waals surface area contributed by atoms with Crippen LogP contribution < -0.4 is 0 Å². The van der Waals surface area contributed by atoms with E-state index in [1.807, 2.05) is 0 Å². The largest absolute Gasteiger partial charge is 0.477 e. The molecule has 72 valence electrons. The molecule has 0 aliphatic carbocycles. The van der Waals surface area contributed by atoms with Gasteiger partial charge in [0.15, 0.2) is 0 Å². The highest BCUT2D eigenvalue weighted by Gasteiger charge is 2.43. The minimum atomic E-state index is -3.86. The monoisotopic (exact) mass is 227 g/mol. The first-order valence-corrected chi connectivity index (χ1v) is 4.35. The van der Waals surface area contributed by atoms with Crippen LogP contribution in [0.1, 0.15) is 6.42 Å². The fourth-order valence-electron chi connectivity index (χ4n) is 0.701. The highest BCUT2D eigenvalue weighted by molar-refractivity contribution is 8.01. The van der Waals surface area contributed by atoms with Gasteiger partial charge in [-0.15, -0.1) is 0 Å². The van der Waals surface area contributed by atoms with E-state index in [0.717, 1.165) is 5.41 Å². The van der Waals surface area contributed by atoms with E-state index in [1.165, 1.54) is 0 Å². The van der Waals surface area contributed by atoms with Crippen molar-refractivity contribution in [3.8, 4) is 0 Å². The number of rotatable bonds is 2. The molecule has 0 saturated heterocycles. The highest BCUT2D eigenvalue weighted by Crippen LogP contribution is 2.33. The molecular weight excluding hydrogens is 224 g/mol. The molecule has 0 spiro atoms. The summed E-state index contributed by atoms with van der Waals surface area (Å²) < 4.78 is 29.2. The third kappa shape index (κ3) is 2.19. The van der Waals surface area contributed by atoms with Gasteiger partial charge in [0, 0.05) is 29.3 Å². The number of carbonyl (C=O) groups is 1. The molecule has 0 saturated carbocycles. The zero-order valence-corrected chi connectivity index (χ0v) is 7.70. The second kappa shape index (κ2) is 3.63. The van der Waals surface area contributed by atoms with Gasteiger partial charge in [0.1, 0.15) is 5.17 Å². The number of aliphatic carboxylic acids is 1. The lowest BCUT2D eigenvalue weighted by Crippen LogP contribution is -2.31. The number of hydrogen-bond donors (Lipinski definition) is 1. The Kier molecular flexibility index (Phi) is 2.92. The van der Waals surface area contributed by atoms with Crippen molar-refractivity contribution in [1.29, 1.82) is 0 Å². The van der Waals surface area contributed by atoms with Gasteiger partial charge in [0.05, 0.1) is 0 Å². The maximum Gasteiger partial charge on any atom is 0.379 e. The third-order valence-electron chi connectivity index (χ3n) is 1.35. The third-order valence-corrected chi connectivity index (χ3v) is 2.39. The fraction of sp³-hybridized carbons (Fsp3) is 0.333. The van der Waals surface area contributed by atoms with Crippen LogP contribution in [0.4, 0.5) is 8.78 Å². The second-order valence-corrected chi connectivity index (χ2v) is 3.34. The molecule has 13 heavy (non-hydrogen) atoms. The Bertz CT molecular complexity index is 303. The SMILES string of the molecule is O=C(O)C(F)(F)C1=CSN=C(Cl)C1. The van der Waals surface area contributed by atoms with Crippen LogP contribution in [0.25, 0.3) is 0 Å². The van der Waals surface area contributed by atoms with Crippen molar-refractivity contribution in [3.05, 3.63) is 11.0 Å². The van der Waals surface area contributed by atoms with Crippen molar-refractivity contribution in [2.75, 3.05) is 0 Å². The number of hydrogen-bond acceptors (Lipinski definition) is 3. The summed E-state index contributed by atoms with van der Waals surface area (Å²) >= 11 is 6.09. The molecule has 1 aliphatic rings. The number of halogens is 3. The summed E-state index contributed by atoms with van der Waals surface area (Å²) in [5.74, 6) is -6.03. The predicted octanol–water partition coefficient (Wildman–Crippen LogP) is 2.28. The number of carboxylic acid groups (broad SMARTS) is 1. The second-order valence-electron chi connectivity index (χ2n) is 2.27. The van der Waals surface area contributed by atoms with Gasteiger partial charge in [-0.05, 0) is 0 Å². The predicted molar refractivity (Wildman–Crippen MR) is 46.2 cm³/mol. The van der Waals surface area contributed by atoms with E-state index in [9.17, 15) is 13.6 Å². The lowest BCUT2D eigenvalue weighted by molar-refractivity contribution is -0.159. The Morgan fingerprint density at radius 3 is 2.85 bits per heavy atom. The van der Waals surface area contributed by atoms with Gasteiger partial charge in [0.25, 0.3) is 0 Å². The Hall–Kier alpha value is -0.620. The quantitative estimate of drug-likeness (QED) is 0.737. The molecule has 1 rings (SSSR count). The molecule has 0 unspecified atom stereocenters. The number of carboxylic acids is 1. The first kappa shape index (κ1) is 10.5. The van der Waals surface area contributed by atoms with Crippen LogP contribution in [0.2, 0.25) is 0 Å². The molecule has 1 aliphatic heterocycles. The highest BCUT2D eigenvalue weighted by atomic mass is 35.5. The molecule has 3 nitrogen and oxygen atoms in total. The summed E-state index contributed by atoms with van der Waals surface area (Å²) in [4.78, 5) is 10.1. The van der Waals surface area contributed by atoms with Crippen LogP contribution in [0.5, 0.6) is 0 Å². The van der Waals surface area contributed by atoms with Gasteiger partial charge in [-0.1, -0.05) is 11.6 Å². The molecule has 0 aromatic carbocycles. The van der Waals surface area contributed by atoms with Gasteiger partial charge in [0.2, 0.25) is 0 Å². The Morgan fingerprint density at radius 1 is 1.77 bits per heavy atom. The fourth-order valence-corrected chi connectivity index (χ4v) is 1.55. The topological polar surface area (TPSA) is 49.7 Å². The molecule has 1 N–H and O–H groups in total. The van der Waals surface area contributed by atoms with E-state index in [4.69, 9.17) is 16.7 Å². The summed E-state index contributed by atoms with van der Waals surface area (Å²) in [7, 11) is 0. The molecule has 0 atom stereocenters. The molecule has 0 aromatic heterocycles. The Morgan fingerprint density at radius 2 is 2.38 bits per heavy atom. The molecule has 0 amide bonds. The van der Waals surface area contributed by atoms with Crippen molar-refractivity contribution >= 4 is 34.7 Å². The average Bonchev–Trinajstić information content (AvgIpc) is 2.04. The van der Waals surface area contributed by atoms with Gasteiger partial charge in [-0.3, -0.25) is 0 Å². The maximum atomic E-state index is 12.8. The van der Waals surface area contributed by atoms with Crippen LogP contribution >= 0.6 is 23.5 Å². The minimum absolute atomic E-state index is 0.0246. The van der Waals surface area contributed by atoms with E-state index in [0.29, 0.717) is 11.9 Å². The van der Waals surface area contributed by atoms with Gasteiger partial charge >= 0.3 is 11.9 Å². The molecule has 7 heteroatoms.